The van der Waals surface area contributed by atoms with Gasteiger partial charge in [0, 0.05) is 4.90 Å². The van der Waals surface area contributed by atoms with E-state index < -0.39 is 11.4 Å². The summed E-state index contributed by atoms with van der Waals surface area (Å²) in [5.41, 5.74) is 0.247. The van der Waals surface area contributed by atoms with E-state index in [4.69, 9.17) is 10.7 Å². The van der Waals surface area contributed by atoms with Crippen molar-refractivity contribution in [1.82, 2.24) is 0 Å². The van der Waals surface area contributed by atoms with Gasteiger partial charge in [0.2, 0.25) is 0 Å². The SMILES string of the molecule is CC(C)(ON)c1ccc(SC(F)F)cc1. The number of rotatable bonds is 4. The molecule has 0 saturated carbocycles. The maximum absolute atomic E-state index is 12.0. The molecular formula is C10H13F2NOS. The van der Waals surface area contributed by atoms with Gasteiger partial charge in [-0.05, 0) is 31.5 Å². The third-order valence-corrected chi connectivity index (χ3v) is 2.79. The second-order valence-corrected chi connectivity index (χ2v) is 4.59. The van der Waals surface area contributed by atoms with Crippen LogP contribution < -0.4 is 5.90 Å². The van der Waals surface area contributed by atoms with Crippen LogP contribution in [0.5, 0.6) is 0 Å². The van der Waals surface area contributed by atoms with Gasteiger partial charge in [0.25, 0.3) is 5.76 Å². The molecule has 0 aliphatic heterocycles. The van der Waals surface area contributed by atoms with E-state index >= 15 is 0 Å². The smallest absolute Gasteiger partial charge is 0.288 e. The van der Waals surface area contributed by atoms with Crippen molar-refractivity contribution in [3.8, 4) is 0 Å². The third-order valence-electron chi connectivity index (χ3n) is 2.07. The van der Waals surface area contributed by atoms with E-state index in [1.165, 1.54) is 0 Å². The summed E-state index contributed by atoms with van der Waals surface area (Å²) in [6.45, 7) is 3.62. The molecule has 15 heavy (non-hydrogen) atoms. The number of benzene rings is 1. The lowest BCUT2D eigenvalue weighted by Crippen LogP contribution is -2.25. The zero-order chi connectivity index (χ0) is 11.5. The van der Waals surface area contributed by atoms with Crippen LogP contribution in [0.15, 0.2) is 29.2 Å². The van der Waals surface area contributed by atoms with E-state index in [0.717, 1.165) is 5.56 Å². The van der Waals surface area contributed by atoms with Gasteiger partial charge in [-0.1, -0.05) is 23.9 Å². The average molecular weight is 233 g/mol. The van der Waals surface area contributed by atoms with Gasteiger partial charge in [0.1, 0.15) is 5.60 Å². The molecule has 84 valence electrons. The zero-order valence-electron chi connectivity index (χ0n) is 8.54. The lowest BCUT2D eigenvalue weighted by Gasteiger charge is -2.22. The fraction of sp³-hybridized carbons (Fsp3) is 0.400. The Balaban J connectivity index is 2.81. The topological polar surface area (TPSA) is 35.2 Å². The molecule has 0 spiro atoms. The molecule has 0 fully saturated rings. The maximum Gasteiger partial charge on any atom is 0.288 e. The molecule has 2 N–H and O–H groups in total. The summed E-state index contributed by atoms with van der Waals surface area (Å²) in [5.74, 6) is 2.74. The number of alkyl halides is 2. The summed E-state index contributed by atoms with van der Waals surface area (Å²) in [4.78, 5) is 5.32. The molecule has 0 aromatic heterocycles. The first-order chi connectivity index (χ1) is 6.95. The van der Waals surface area contributed by atoms with Crippen molar-refractivity contribution in [2.24, 2.45) is 5.90 Å². The molecule has 0 unspecified atom stereocenters. The first-order valence-electron chi connectivity index (χ1n) is 4.39. The molecule has 1 rings (SSSR count). The predicted molar refractivity (Wildman–Crippen MR) is 56.6 cm³/mol. The molecule has 1 aromatic carbocycles. The van der Waals surface area contributed by atoms with E-state index in [2.05, 4.69) is 0 Å². The summed E-state index contributed by atoms with van der Waals surface area (Å²) in [6.07, 6.45) is 0. The Labute approximate surface area is 91.8 Å². The summed E-state index contributed by atoms with van der Waals surface area (Å²) in [5, 5.41) is 0. The first kappa shape index (κ1) is 12.4. The normalized spacial score (nSPS) is 12.1. The molecule has 1 aromatic rings. The van der Waals surface area contributed by atoms with Crippen LogP contribution in [-0.4, -0.2) is 5.76 Å². The van der Waals surface area contributed by atoms with Crippen molar-refractivity contribution in [2.75, 3.05) is 0 Å². The second-order valence-electron chi connectivity index (χ2n) is 3.53. The van der Waals surface area contributed by atoms with Crippen LogP contribution in [0.4, 0.5) is 8.78 Å². The summed E-state index contributed by atoms with van der Waals surface area (Å²) >= 11 is 0.520. The minimum atomic E-state index is -2.39. The standard InChI is InChI=1S/C10H13F2NOS/c1-10(2,14-13)7-3-5-8(6-4-7)15-9(11)12/h3-6,9H,13H2,1-2H3. The number of halogens is 2. The summed E-state index contributed by atoms with van der Waals surface area (Å²) in [7, 11) is 0. The van der Waals surface area contributed by atoms with E-state index in [1.54, 1.807) is 24.3 Å². The highest BCUT2D eigenvalue weighted by molar-refractivity contribution is 7.99. The van der Waals surface area contributed by atoms with Gasteiger partial charge in [-0.3, -0.25) is 4.84 Å². The van der Waals surface area contributed by atoms with Crippen LogP contribution >= 0.6 is 11.8 Å². The molecule has 0 bridgehead atoms. The molecule has 0 atom stereocenters. The molecule has 0 aliphatic carbocycles. The van der Waals surface area contributed by atoms with Crippen LogP contribution in [0.2, 0.25) is 0 Å². The predicted octanol–water partition coefficient (Wildman–Crippen LogP) is 3.13. The fourth-order valence-electron chi connectivity index (χ4n) is 1.11. The Morgan fingerprint density at radius 2 is 1.80 bits per heavy atom. The highest BCUT2D eigenvalue weighted by Crippen LogP contribution is 2.28. The Kier molecular flexibility index (Phi) is 4.07. The number of nitrogens with two attached hydrogens (primary N) is 1. The minimum Gasteiger partial charge on any atom is -0.294 e. The van der Waals surface area contributed by atoms with Crippen molar-refractivity contribution >= 4 is 11.8 Å². The van der Waals surface area contributed by atoms with Gasteiger partial charge in [-0.25, -0.2) is 5.90 Å². The number of thioether (sulfide) groups is 1. The molecule has 0 aliphatic rings. The van der Waals surface area contributed by atoms with Crippen LogP contribution in [0.3, 0.4) is 0 Å². The van der Waals surface area contributed by atoms with Crippen molar-refractivity contribution in [2.45, 2.75) is 30.1 Å². The zero-order valence-corrected chi connectivity index (χ0v) is 9.35. The second kappa shape index (κ2) is 4.92. The summed E-state index contributed by atoms with van der Waals surface area (Å²) < 4.78 is 24.1. The van der Waals surface area contributed by atoms with E-state index in [-0.39, 0.29) is 0 Å². The average Bonchev–Trinajstić information content (AvgIpc) is 2.18. The lowest BCUT2D eigenvalue weighted by atomic mass is 9.99. The lowest BCUT2D eigenvalue weighted by molar-refractivity contribution is -0.0236. The number of hydrogen-bond acceptors (Lipinski definition) is 3. The fourth-order valence-corrected chi connectivity index (χ4v) is 1.60. The van der Waals surface area contributed by atoms with Gasteiger partial charge in [-0.2, -0.15) is 8.78 Å². The van der Waals surface area contributed by atoms with Crippen LogP contribution in [-0.2, 0) is 10.4 Å². The highest BCUT2D eigenvalue weighted by Gasteiger charge is 2.20. The molecule has 0 heterocycles. The van der Waals surface area contributed by atoms with Crippen LogP contribution in [0.25, 0.3) is 0 Å². The highest BCUT2D eigenvalue weighted by atomic mass is 32.2. The summed E-state index contributed by atoms with van der Waals surface area (Å²) in [6, 6.07) is 6.73. The van der Waals surface area contributed by atoms with Gasteiger partial charge in [0.05, 0.1) is 0 Å². The molecule has 2 nitrogen and oxygen atoms in total. The first-order valence-corrected chi connectivity index (χ1v) is 5.27. The maximum atomic E-state index is 12.0. The molecule has 0 radical (unpaired) electrons. The van der Waals surface area contributed by atoms with Crippen LogP contribution in [0, 0.1) is 0 Å². The molecular weight excluding hydrogens is 220 g/mol. The molecule has 0 amide bonds. The monoisotopic (exact) mass is 233 g/mol. The van der Waals surface area contributed by atoms with Crippen molar-refractivity contribution in [1.29, 1.82) is 0 Å². The third kappa shape index (κ3) is 3.44. The molecule has 0 saturated heterocycles. The van der Waals surface area contributed by atoms with E-state index in [0.29, 0.717) is 16.7 Å². The van der Waals surface area contributed by atoms with E-state index in [9.17, 15) is 8.78 Å². The van der Waals surface area contributed by atoms with Gasteiger partial charge < -0.3 is 0 Å². The van der Waals surface area contributed by atoms with Gasteiger partial charge >= 0.3 is 0 Å². The van der Waals surface area contributed by atoms with E-state index in [1.807, 2.05) is 13.8 Å². The van der Waals surface area contributed by atoms with Gasteiger partial charge in [-0.15, -0.1) is 0 Å². The van der Waals surface area contributed by atoms with Gasteiger partial charge in [0.15, 0.2) is 0 Å². The quantitative estimate of drug-likeness (QED) is 0.641. The largest absolute Gasteiger partial charge is 0.294 e. The van der Waals surface area contributed by atoms with Crippen LogP contribution in [0.1, 0.15) is 19.4 Å². The Morgan fingerprint density at radius 1 is 1.27 bits per heavy atom. The van der Waals surface area contributed by atoms with Crippen molar-refractivity contribution in [3.05, 3.63) is 29.8 Å². The Bertz CT molecular complexity index is 314. The van der Waals surface area contributed by atoms with Crippen molar-refractivity contribution in [3.63, 3.8) is 0 Å². The Hall–Kier alpha value is -0.650. The number of hydrogen-bond donors (Lipinski definition) is 1. The molecule has 5 heteroatoms. The Morgan fingerprint density at radius 3 is 2.20 bits per heavy atom. The minimum absolute atomic E-state index is 0.520. The van der Waals surface area contributed by atoms with Crippen molar-refractivity contribution < 1.29 is 13.6 Å².